The molecule has 0 unspecified atom stereocenters. The summed E-state index contributed by atoms with van der Waals surface area (Å²) in [6.45, 7) is 1.89. The van der Waals surface area contributed by atoms with Crippen LogP contribution in [0.3, 0.4) is 0 Å². The average Bonchev–Trinajstić information content (AvgIpc) is 2.80. The van der Waals surface area contributed by atoms with E-state index in [0.29, 0.717) is 0 Å². The van der Waals surface area contributed by atoms with Gasteiger partial charge in [-0.1, -0.05) is 0 Å². The number of aromatic amines is 1. The van der Waals surface area contributed by atoms with Gasteiger partial charge in [0, 0.05) is 6.07 Å². The van der Waals surface area contributed by atoms with Gasteiger partial charge in [0.2, 0.25) is 0 Å². The Balaban J connectivity index is 2.26. The number of nitrogens with zero attached hydrogens (tertiary/aromatic N) is 3. The Morgan fingerprint density at radius 2 is 2.35 bits per heavy atom. The molecule has 0 amide bonds. The molecule has 0 aliphatic heterocycles. The molecule has 0 radical (unpaired) electrons. The molecule has 0 fully saturated rings. The van der Waals surface area contributed by atoms with E-state index in [1.165, 1.54) is 12.1 Å². The number of esters is 1. The highest BCUT2D eigenvalue weighted by Crippen LogP contribution is 2.11. The minimum atomic E-state index is -0.674. The van der Waals surface area contributed by atoms with E-state index < -0.39 is 5.97 Å². The molecule has 8 heteroatoms. The third-order valence-corrected chi connectivity index (χ3v) is 1.78. The van der Waals surface area contributed by atoms with Crippen molar-refractivity contribution in [1.29, 1.82) is 0 Å². The van der Waals surface area contributed by atoms with Crippen molar-refractivity contribution in [3.63, 3.8) is 0 Å². The molecule has 2 rings (SSSR count). The van der Waals surface area contributed by atoms with Gasteiger partial charge in [-0.2, -0.15) is 10.1 Å². The summed E-state index contributed by atoms with van der Waals surface area (Å²) in [5.41, 5.74) is -0.0773. The van der Waals surface area contributed by atoms with Gasteiger partial charge in [0.1, 0.15) is 5.69 Å². The first-order chi connectivity index (χ1) is 8.20. The average molecular weight is 236 g/mol. The van der Waals surface area contributed by atoms with Crippen molar-refractivity contribution in [3.05, 3.63) is 28.3 Å². The van der Waals surface area contributed by atoms with Crippen LogP contribution in [0.5, 0.6) is 0 Å². The van der Waals surface area contributed by atoms with Crippen LogP contribution < -0.4 is 5.56 Å². The van der Waals surface area contributed by atoms with Crippen molar-refractivity contribution in [2.45, 2.75) is 6.92 Å². The standard InChI is InChI=1S/C9H8N4O4/c1-2-16-9(15)7-10-8(17-13-7)5-3-4-6(14)12-11-5/h3-4H,2H2,1H3,(H,12,14). The highest BCUT2D eigenvalue weighted by Gasteiger charge is 2.17. The Morgan fingerprint density at radius 3 is 3.00 bits per heavy atom. The third-order valence-electron chi connectivity index (χ3n) is 1.78. The minimum Gasteiger partial charge on any atom is -0.460 e. The quantitative estimate of drug-likeness (QED) is 0.746. The lowest BCUT2D eigenvalue weighted by Crippen LogP contribution is -2.07. The zero-order valence-electron chi connectivity index (χ0n) is 8.84. The molecule has 2 aromatic rings. The number of carbonyl (C=O) groups is 1. The van der Waals surface area contributed by atoms with Crippen molar-refractivity contribution in [2.24, 2.45) is 0 Å². The SMILES string of the molecule is CCOC(=O)c1noc(-c2ccc(=O)[nH]n2)n1. The molecule has 0 spiro atoms. The Hall–Kier alpha value is -2.51. The van der Waals surface area contributed by atoms with Gasteiger partial charge in [0.15, 0.2) is 0 Å². The first-order valence-corrected chi connectivity index (χ1v) is 4.77. The second-order valence-electron chi connectivity index (χ2n) is 2.95. The van der Waals surface area contributed by atoms with Gasteiger partial charge in [-0.3, -0.25) is 4.79 Å². The summed E-state index contributed by atoms with van der Waals surface area (Å²) in [5, 5.41) is 9.33. The third kappa shape index (κ3) is 2.36. The maximum atomic E-state index is 11.3. The summed E-state index contributed by atoms with van der Waals surface area (Å²) in [6, 6.07) is 2.66. The molecule has 88 valence electrons. The molecule has 0 saturated carbocycles. The van der Waals surface area contributed by atoms with Crippen molar-refractivity contribution in [1.82, 2.24) is 20.3 Å². The first-order valence-electron chi connectivity index (χ1n) is 4.77. The van der Waals surface area contributed by atoms with Crippen LogP contribution in [0.1, 0.15) is 17.5 Å². The van der Waals surface area contributed by atoms with Gasteiger partial charge in [-0.15, -0.1) is 0 Å². The lowest BCUT2D eigenvalue weighted by molar-refractivity contribution is 0.0508. The fourth-order valence-corrected chi connectivity index (χ4v) is 1.07. The molecular formula is C9H8N4O4. The molecule has 0 bridgehead atoms. The highest BCUT2D eigenvalue weighted by molar-refractivity contribution is 5.85. The Morgan fingerprint density at radius 1 is 1.53 bits per heavy atom. The predicted octanol–water partition coefficient (Wildman–Crippen LogP) is -0.00340. The lowest BCUT2D eigenvalue weighted by Gasteiger charge is -1.93. The molecule has 0 atom stereocenters. The minimum absolute atomic E-state index is 0.0318. The predicted molar refractivity (Wildman–Crippen MR) is 54.1 cm³/mol. The fraction of sp³-hybridized carbons (Fsp3) is 0.222. The Labute approximate surface area is 94.6 Å². The van der Waals surface area contributed by atoms with E-state index >= 15 is 0 Å². The highest BCUT2D eigenvalue weighted by atomic mass is 16.5. The first kappa shape index (κ1) is 11.0. The summed E-state index contributed by atoms with van der Waals surface area (Å²) >= 11 is 0. The van der Waals surface area contributed by atoms with E-state index in [9.17, 15) is 9.59 Å². The number of hydrogen-bond donors (Lipinski definition) is 1. The van der Waals surface area contributed by atoms with Crippen LogP contribution in [-0.4, -0.2) is 32.9 Å². The van der Waals surface area contributed by atoms with Gasteiger partial charge in [-0.25, -0.2) is 9.89 Å². The number of carbonyl (C=O) groups excluding carboxylic acids is 1. The fourth-order valence-electron chi connectivity index (χ4n) is 1.07. The molecule has 1 N–H and O–H groups in total. The number of rotatable bonds is 3. The van der Waals surface area contributed by atoms with Gasteiger partial charge in [-0.05, 0) is 18.1 Å². The van der Waals surface area contributed by atoms with Gasteiger partial charge in [0.25, 0.3) is 17.3 Å². The van der Waals surface area contributed by atoms with Crippen molar-refractivity contribution in [2.75, 3.05) is 6.61 Å². The number of hydrogen-bond acceptors (Lipinski definition) is 7. The van der Waals surface area contributed by atoms with Gasteiger partial charge < -0.3 is 9.26 Å². The van der Waals surface area contributed by atoms with Crippen LogP contribution in [0.15, 0.2) is 21.5 Å². The van der Waals surface area contributed by atoms with Crippen LogP contribution in [0, 0.1) is 0 Å². The molecular weight excluding hydrogens is 228 g/mol. The molecule has 2 heterocycles. The topological polar surface area (TPSA) is 111 Å². The molecule has 2 aromatic heterocycles. The van der Waals surface area contributed by atoms with Crippen LogP contribution in [0.25, 0.3) is 11.6 Å². The molecule has 8 nitrogen and oxygen atoms in total. The molecule has 0 saturated heterocycles. The maximum absolute atomic E-state index is 11.3. The molecule has 0 aliphatic carbocycles. The van der Waals surface area contributed by atoms with E-state index in [-0.39, 0.29) is 29.6 Å². The Bertz CT molecular complexity index is 568. The van der Waals surface area contributed by atoms with Gasteiger partial charge in [0.05, 0.1) is 6.61 Å². The second kappa shape index (κ2) is 4.56. The van der Waals surface area contributed by atoms with E-state index in [2.05, 4.69) is 20.3 Å². The van der Waals surface area contributed by atoms with E-state index in [0.717, 1.165) is 0 Å². The number of ether oxygens (including phenoxy) is 1. The van der Waals surface area contributed by atoms with E-state index in [1.54, 1.807) is 6.92 Å². The van der Waals surface area contributed by atoms with Crippen molar-refractivity contribution in [3.8, 4) is 11.6 Å². The Kier molecular flexibility index (Phi) is 2.95. The summed E-state index contributed by atoms with van der Waals surface area (Å²) in [4.78, 5) is 25.8. The molecule has 0 aromatic carbocycles. The zero-order valence-corrected chi connectivity index (χ0v) is 8.84. The number of aromatic nitrogens is 4. The maximum Gasteiger partial charge on any atom is 0.379 e. The van der Waals surface area contributed by atoms with Crippen molar-refractivity contribution >= 4 is 5.97 Å². The van der Waals surface area contributed by atoms with Gasteiger partial charge >= 0.3 is 5.97 Å². The smallest absolute Gasteiger partial charge is 0.379 e. The van der Waals surface area contributed by atoms with E-state index in [1.807, 2.05) is 0 Å². The summed E-state index contributed by atoms with van der Waals surface area (Å²) in [5.74, 6) is -0.828. The zero-order chi connectivity index (χ0) is 12.3. The number of nitrogens with one attached hydrogen (secondary N) is 1. The molecule has 17 heavy (non-hydrogen) atoms. The number of H-pyrrole nitrogens is 1. The summed E-state index contributed by atoms with van der Waals surface area (Å²) in [7, 11) is 0. The monoisotopic (exact) mass is 236 g/mol. The van der Waals surface area contributed by atoms with Crippen LogP contribution in [-0.2, 0) is 4.74 Å². The van der Waals surface area contributed by atoms with Crippen LogP contribution in [0.2, 0.25) is 0 Å². The normalized spacial score (nSPS) is 10.2. The van der Waals surface area contributed by atoms with Crippen molar-refractivity contribution < 1.29 is 14.1 Å². The van der Waals surface area contributed by atoms with Crippen LogP contribution >= 0.6 is 0 Å². The second-order valence-corrected chi connectivity index (χ2v) is 2.95. The summed E-state index contributed by atoms with van der Waals surface area (Å²) in [6.07, 6.45) is 0. The summed E-state index contributed by atoms with van der Waals surface area (Å²) < 4.78 is 9.51. The van der Waals surface area contributed by atoms with Crippen LogP contribution in [0.4, 0.5) is 0 Å². The van der Waals surface area contributed by atoms with E-state index in [4.69, 9.17) is 9.26 Å². The lowest BCUT2D eigenvalue weighted by atomic mass is 10.4. The largest absolute Gasteiger partial charge is 0.460 e. The molecule has 0 aliphatic rings.